The standard InChI is InChI=1S/C24H37N3O2/c1-17(23(28)26(4)5)16-27-12-6-7-20(27)14-19-15-25-22-9-8-18(13-21(19)22)10-11-24(2,3)29/h8-9,13,15,17,20,25,29H,6-7,10-12,14,16H2,1-5H3/t17?,20-/m1/s1. The summed E-state index contributed by atoms with van der Waals surface area (Å²) in [5.74, 6) is 0.237. The molecular weight excluding hydrogens is 362 g/mol. The van der Waals surface area contributed by atoms with Crippen molar-refractivity contribution in [2.75, 3.05) is 27.2 Å². The lowest BCUT2D eigenvalue weighted by Gasteiger charge is -2.28. The summed E-state index contributed by atoms with van der Waals surface area (Å²) in [6.07, 6.45) is 7.18. The number of aryl methyl sites for hydroxylation is 1. The Morgan fingerprint density at radius 2 is 2.14 bits per heavy atom. The Morgan fingerprint density at radius 1 is 1.38 bits per heavy atom. The Morgan fingerprint density at radius 3 is 2.83 bits per heavy atom. The largest absolute Gasteiger partial charge is 0.390 e. The van der Waals surface area contributed by atoms with E-state index in [4.69, 9.17) is 0 Å². The highest BCUT2D eigenvalue weighted by Crippen LogP contribution is 2.28. The lowest BCUT2D eigenvalue weighted by Crippen LogP contribution is -2.40. The van der Waals surface area contributed by atoms with Crippen LogP contribution in [0.4, 0.5) is 0 Å². The van der Waals surface area contributed by atoms with E-state index in [1.807, 2.05) is 34.9 Å². The quantitative estimate of drug-likeness (QED) is 0.713. The average Bonchev–Trinajstić information content (AvgIpc) is 3.26. The fourth-order valence-corrected chi connectivity index (χ4v) is 4.49. The highest BCUT2D eigenvalue weighted by atomic mass is 16.3. The second-order valence-corrected chi connectivity index (χ2v) is 9.64. The minimum atomic E-state index is -0.638. The molecule has 2 atom stereocenters. The molecule has 0 spiro atoms. The number of carbonyl (C=O) groups is 1. The van der Waals surface area contributed by atoms with Crippen LogP contribution in [0.3, 0.4) is 0 Å². The molecule has 0 aliphatic carbocycles. The molecule has 0 saturated carbocycles. The van der Waals surface area contributed by atoms with Gasteiger partial charge in [0.1, 0.15) is 0 Å². The lowest BCUT2D eigenvalue weighted by molar-refractivity contribution is -0.133. The van der Waals surface area contributed by atoms with E-state index in [-0.39, 0.29) is 11.8 Å². The third kappa shape index (κ3) is 5.61. The predicted molar refractivity (Wildman–Crippen MR) is 119 cm³/mol. The van der Waals surface area contributed by atoms with Crippen molar-refractivity contribution in [2.24, 2.45) is 5.92 Å². The van der Waals surface area contributed by atoms with Gasteiger partial charge in [0.15, 0.2) is 0 Å². The number of aromatic nitrogens is 1. The van der Waals surface area contributed by atoms with Crippen molar-refractivity contribution in [1.29, 1.82) is 0 Å². The number of benzene rings is 1. The van der Waals surface area contributed by atoms with E-state index < -0.39 is 5.60 Å². The summed E-state index contributed by atoms with van der Waals surface area (Å²) in [6.45, 7) is 7.68. The molecule has 2 N–H and O–H groups in total. The van der Waals surface area contributed by atoms with Crippen molar-refractivity contribution in [3.63, 3.8) is 0 Å². The van der Waals surface area contributed by atoms with Gasteiger partial charge in [-0.2, -0.15) is 0 Å². The van der Waals surface area contributed by atoms with Gasteiger partial charge in [0.25, 0.3) is 0 Å². The molecule has 1 fully saturated rings. The lowest BCUT2D eigenvalue weighted by atomic mass is 9.96. The van der Waals surface area contributed by atoms with E-state index in [1.54, 1.807) is 4.90 Å². The molecule has 1 aliphatic heterocycles. The summed E-state index contributed by atoms with van der Waals surface area (Å²) in [4.78, 5) is 19.9. The second kappa shape index (κ2) is 8.88. The summed E-state index contributed by atoms with van der Waals surface area (Å²) in [6, 6.07) is 7.09. The Balaban J connectivity index is 1.70. The third-order valence-corrected chi connectivity index (χ3v) is 6.18. The van der Waals surface area contributed by atoms with Crippen LogP contribution in [-0.2, 0) is 17.6 Å². The maximum absolute atomic E-state index is 12.3. The molecule has 0 bridgehead atoms. The normalized spacial score (nSPS) is 19.0. The van der Waals surface area contributed by atoms with Gasteiger partial charge in [-0.25, -0.2) is 0 Å². The minimum absolute atomic E-state index is 0.0296. The van der Waals surface area contributed by atoms with Crippen molar-refractivity contribution in [3.8, 4) is 0 Å². The highest BCUT2D eigenvalue weighted by Gasteiger charge is 2.28. The molecule has 3 rings (SSSR count). The zero-order valence-corrected chi connectivity index (χ0v) is 18.7. The van der Waals surface area contributed by atoms with Gasteiger partial charge >= 0.3 is 0 Å². The number of hydrogen-bond acceptors (Lipinski definition) is 3. The fourth-order valence-electron chi connectivity index (χ4n) is 4.49. The van der Waals surface area contributed by atoms with Crippen molar-refractivity contribution in [1.82, 2.24) is 14.8 Å². The van der Waals surface area contributed by atoms with Crippen LogP contribution in [0.5, 0.6) is 0 Å². The van der Waals surface area contributed by atoms with Crippen LogP contribution in [0, 0.1) is 5.92 Å². The molecule has 5 heteroatoms. The van der Waals surface area contributed by atoms with Crippen LogP contribution in [0.15, 0.2) is 24.4 Å². The molecule has 1 aliphatic rings. The summed E-state index contributed by atoms with van der Waals surface area (Å²) < 4.78 is 0. The predicted octanol–water partition coefficient (Wildman–Crippen LogP) is 3.60. The van der Waals surface area contributed by atoms with Gasteiger partial charge in [-0.1, -0.05) is 13.0 Å². The van der Waals surface area contributed by atoms with Crippen LogP contribution >= 0.6 is 0 Å². The van der Waals surface area contributed by atoms with Crippen LogP contribution in [-0.4, -0.2) is 64.6 Å². The van der Waals surface area contributed by atoms with Gasteiger partial charge in [-0.3, -0.25) is 9.69 Å². The van der Waals surface area contributed by atoms with Gasteiger partial charge in [0, 0.05) is 49.7 Å². The number of fused-ring (bicyclic) bond motifs is 1. The van der Waals surface area contributed by atoms with Gasteiger partial charge in [-0.15, -0.1) is 0 Å². The van der Waals surface area contributed by atoms with E-state index in [2.05, 4.69) is 34.3 Å². The van der Waals surface area contributed by atoms with Crippen molar-refractivity contribution in [2.45, 2.75) is 64.5 Å². The monoisotopic (exact) mass is 399 g/mol. The van der Waals surface area contributed by atoms with E-state index in [0.29, 0.717) is 6.04 Å². The molecule has 0 radical (unpaired) electrons. The molecule has 1 aromatic carbocycles. The first-order valence-corrected chi connectivity index (χ1v) is 10.9. The first-order valence-electron chi connectivity index (χ1n) is 10.9. The van der Waals surface area contributed by atoms with E-state index >= 15 is 0 Å². The molecule has 2 heterocycles. The average molecular weight is 400 g/mol. The molecule has 1 saturated heterocycles. The van der Waals surface area contributed by atoms with Gasteiger partial charge < -0.3 is 15.0 Å². The molecular formula is C24H37N3O2. The maximum atomic E-state index is 12.3. The van der Waals surface area contributed by atoms with Gasteiger partial charge in [0.05, 0.1) is 5.60 Å². The smallest absolute Gasteiger partial charge is 0.226 e. The Bertz CT molecular complexity index is 834. The Kier molecular flexibility index (Phi) is 6.69. The van der Waals surface area contributed by atoms with Crippen LogP contribution in [0.2, 0.25) is 0 Å². The molecule has 2 aromatic rings. The highest BCUT2D eigenvalue weighted by molar-refractivity contribution is 5.84. The fraction of sp³-hybridized carbons (Fsp3) is 0.625. The van der Waals surface area contributed by atoms with E-state index in [9.17, 15) is 9.90 Å². The Labute approximate surface area is 175 Å². The maximum Gasteiger partial charge on any atom is 0.226 e. The van der Waals surface area contributed by atoms with E-state index in [0.717, 1.165) is 32.4 Å². The van der Waals surface area contributed by atoms with Crippen molar-refractivity contribution < 1.29 is 9.90 Å². The SMILES string of the molecule is CC(CN1CCC[C@@H]1Cc1c[nH]c2ccc(CCC(C)(C)O)cc12)C(=O)N(C)C. The summed E-state index contributed by atoms with van der Waals surface area (Å²) in [7, 11) is 3.67. The number of nitrogens with zero attached hydrogens (tertiary/aromatic N) is 2. The number of nitrogens with one attached hydrogen (secondary N) is 1. The number of H-pyrrole nitrogens is 1. The number of hydrogen-bond donors (Lipinski definition) is 2. The summed E-state index contributed by atoms with van der Waals surface area (Å²) >= 11 is 0. The molecule has 5 nitrogen and oxygen atoms in total. The molecule has 29 heavy (non-hydrogen) atoms. The molecule has 1 amide bonds. The first kappa shape index (κ1) is 21.8. The van der Waals surface area contributed by atoms with Crippen LogP contribution in [0.1, 0.15) is 51.2 Å². The zero-order valence-electron chi connectivity index (χ0n) is 18.7. The molecule has 1 unspecified atom stereocenters. The Hall–Kier alpha value is -1.85. The minimum Gasteiger partial charge on any atom is -0.390 e. The van der Waals surface area contributed by atoms with Crippen molar-refractivity contribution in [3.05, 3.63) is 35.5 Å². The van der Waals surface area contributed by atoms with Gasteiger partial charge in [-0.05, 0) is 75.8 Å². The summed E-state index contributed by atoms with van der Waals surface area (Å²) in [5.41, 5.74) is 3.16. The summed E-state index contributed by atoms with van der Waals surface area (Å²) in [5, 5.41) is 11.3. The molecule has 1 aromatic heterocycles. The topological polar surface area (TPSA) is 59.6 Å². The number of rotatable bonds is 8. The third-order valence-electron chi connectivity index (χ3n) is 6.18. The molecule has 160 valence electrons. The zero-order chi connectivity index (χ0) is 21.2. The van der Waals surface area contributed by atoms with Crippen LogP contribution < -0.4 is 0 Å². The number of aliphatic hydroxyl groups is 1. The van der Waals surface area contributed by atoms with Crippen molar-refractivity contribution >= 4 is 16.8 Å². The number of carbonyl (C=O) groups excluding carboxylic acids is 1. The van der Waals surface area contributed by atoms with Crippen LogP contribution in [0.25, 0.3) is 10.9 Å². The number of likely N-dealkylation sites (tertiary alicyclic amines) is 1. The van der Waals surface area contributed by atoms with Gasteiger partial charge in [0.2, 0.25) is 5.91 Å². The van der Waals surface area contributed by atoms with E-state index in [1.165, 1.54) is 34.9 Å². The number of aromatic amines is 1. The first-order chi connectivity index (χ1) is 13.6. The second-order valence-electron chi connectivity index (χ2n) is 9.64. The number of amides is 1.